The zero-order valence-electron chi connectivity index (χ0n) is 25.6. The van der Waals surface area contributed by atoms with Gasteiger partial charge in [-0.05, 0) is 48.9 Å². The summed E-state index contributed by atoms with van der Waals surface area (Å²) < 4.78 is 1.76. The van der Waals surface area contributed by atoms with Crippen LogP contribution in [0.5, 0.6) is 5.75 Å². The third-order valence-corrected chi connectivity index (χ3v) is 8.61. The third kappa shape index (κ3) is 7.53. The van der Waals surface area contributed by atoms with E-state index in [1.165, 1.54) is 6.07 Å². The van der Waals surface area contributed by atoms with Crippen LogP contribution in [-0.2, 0) is 12.0 Å². The number of nitrogens with one attached hydrogen (secondary N) is 2. The van der Waals surface area contributed by atoms with Gasteiger partial charge in [-0.15, -0.1) is 0 Å². The fourth-order valence-corrected chi connectivity index (χ4v) is 5.89. The number of phenols is 1. The number of aryl methyl sites for hydroxylation is 1. The van der Waals surface area contributed by atoms with E-state index in [1.54, 1.807) is 28.6 Å². The molecule has 9 nitrogen and oxygen atoms in total. The molecular formula is C34H36ClN7O2S. The van der Waals surface area contributed by atoms with Crippen LogP contribution in [0.25, 0.3) is 5.69 Å². The average Bonchev–Trinajstić information content (AvgIpc) is 3.44. The number of thioether (sulfide) groups is 1. The lowest BCUT2D eigenvalue weighted by atomic mass is 9.92. The van der Waals surface area contributed by atoms with Crippen molar-refractivity contribution in [2.75, 3.05) is 11.9 Å². The minimum Gasteiger partial charge on any atom is -0.506 e. The number of aromatic nitrogens is 2. The number of halogens is 1. The van der Waals surface area contributed by atoms with Crippen molar-refractivity contribution in [3.05, 3.63) is 123 Å². The molecule has 232 valence electrons. The number of carbonyl (C=O) groups is 1. The summed E-state index contributed by atoms with van der Waals surface area (Å²) in [5.74, 6) is 6.75. The number of nitrogens with two attached hydrogens (primary N) is 1. The van der Waals surface area contributed by atoms with Gasteiger partial charge in [0.05, 0.1) is 16.4 Å². The fraction of sp³-hybridized carbons (Fsp3) is 0.206. The Kier molecular flexibility index (Phi) is 9.55. The van der Waals surface area contributed by atoms with E-state index in [-0.39, 0.29) is 22.2 Å². The molecule has 1 aliphatic rings. The first-order valence-electron chi connectivity index (χ1n) is 14.4. The molecule has 0 radical (unpaired) electrons. The maximum atomic E-state index is 13.2. The molecule has 0 aliphatic carbocycles. The first-order chi connectivity index (χ1) is 21.5. The Balaban J connectivity index is 1.30. The zero-order chi connectivity index (χ0) is 32.1. The number of urea groups is 1. The highest BCUT2D eigenvalue weighted by molar-refractivity contribution is 8.03. The zero-order valence-corrected chi connectivity index (χ0v) is 27.2. The summed E-state index contributed by atoms with van der Waals surface area (Å²) in [7, 11) is 0. The fourth-order valence-electron chi connectivity index (χ4n) is 4.66. The lowest BCUT2D eigenvalue weighted by Crippen LogP contribution is -2.30. The molecule has 0 saturated carbocycles. The van der Waals surface area contributed by atoms with E-state index in [0.29, 0.717) is 30.3 Å². The first kappa shape index (κ1) is 31.7. The number of benzene rings is 3. The summed E-state index contributed by atoms with van der Waals surface area (Å²) >= 11 is 7.91. The number of carbonyl (C=O) groups excluding carboxylic acids is 1. The molecule has 1 aromatic heterocycles. The normalized spacial score (nSPS) is 13.5. The van der Waals surface area contributed by atoms with Gasteiger partial charge in [0, 0.05) is 46.1 Å². The number of allylic oxidation sites excluding steroid dienone is 1. The second kappa shape index (κ2) is 13.5. The monoisotopic (exact) mass is 641 g/mol. The van der Waals surface area contributed by atoms with Crippen molar-refractivity contribution in [3.63, 3.8) is 0 Å². The number of hydrazone groups is 1. The van der Waals surface area contributed by atoms with E-state index < -0.39 is 0 Å². The van der Waals surface area contributed by atoms with Gasteiger partial charge in [0.15, 0.2) is 5.84 Å². The predicted octanol–water partition coefficient (Wildman–Crippen LogP) is 7.28. The SMILES string of the molecule is Cc1ccc(-n2nc(C(C)(C)C)cc2NC(=O)NCc2ccccc2SC2=CN(/C(=N\N)c3cccc(O)c3Cl)CC=C2)cc1. The Morgan fingerprint density at radius 2 is 1.87 bits per heavy atom. The highest BCUT2D eigenvalue weighted by Gasteiger charge is 2.22. The van der Waals surface area contributed by atoms with Gasteiger partial charge < -0.3 is 21.2 Å². The maximum absolute atomic E-state index is 13.2. The summed E-state index contributed by atoms with van der Waals surface area (Å²) in [6.07, 6.45) is 5.96. The van der Waals surface area contributed by atoms with E-state index in [0.717, 1.165) is 32.3 Å². The molecule has 2 amide bonds. The Labute approximate surface area is 272 Å². The van der Waals surface area contributed by atoms with Crippen LogP contribution in [0, 0.1) is 6.92 Å². The molecule has 45 heavy (non-hydrogen) atoms. The standard InChI is InChI=1S/C34H36ClN7O2S/c1-22-14-16-24(17-15-22)42-30(19-29(40-42)34(2,3)4)38-33(44)37-20-23-9-5-6-13-28(23)45-25-10-8-18-41(21-25)32(39-36)26-11-7-12-27(43)31(26)35/h5-17,19,21,43H,18,20,36H2,1-4H3,(H2,37,38,44)/b39-32-. The quantitative estimate of drug-likeness (QED) is 0.0728. The second-order valence-corrected chi connectivity index (χ2v) is 13.1. The Morgan fingerprint density at radius 3 is 2.60 bits per heavy atom. The Morgan fingerprint density at radius 1 is 1.11 bits per heavy atom. The van der Waals surface area contributed by atoms with Crippen molar-refractivity contribution in [2.24, 2.45) is 10.9 Å². The highest BCUT2D eigenvalue weighted by Crippen LogP contribution is 2.34. The van der Waals surface area contributed by atoms with Crippen molar-refractivity contribution in [2.45, 2.75) is 44.6 Å². The average molecular weight is 642 g/mol. The van der Waals surface area contributed by atoms with Crippen molar-refractivity contribution in [3.8, 4) is 11.4 Å². The molecule has 0 spiro atoms. The first-order valence-corrected chi connectivity index (χ1v) is 15.6. The van der Waals surface area contributed by atoms with Crippen molar-refractivity contribution in [1.82, 2.24) is 20.0 Å². The number of hydrogen-bond acceptors (Lipinski definition) is 6. The minimum atomic E-state index is -0.335. The van der Waals surface area contributed by atoms with Crippen LogP contribution in [0.3, 0.4) is 0 Å². The number of aromatic hydroxyl groups is 1. The number of nitrogens with zero attached hydrogens (tertiary/aromatic N) is 4. The number of amidine groups is 1. The lowest BCUT2D eigenvalue weighted by molar-refractivity contribution is 0.251. The van der Waals surface area contributed by atoms with Crippen LogP contribution in [-0.4, -0.2) is 38.2 Å². The molecule has 5 rings (SSSR count). The van der Waals surface area contributed by atoms with E-state index >= 15 is 0 Å². The van der Waals surface area contributed by atoms with Crippen molar-refractivity contribution in [1.29, 1.82) is 0 Å². The smallest absolute Gasteiger partial charge is 0.320 e. The maximum Gasteiger partial charge on any atom is 0.320 e. The van der Waals surface area contributed by atoms with Gasteiger partial charge >= 0.3 is 6.03 Å². The lowest BCUT2D eigenvalue weighted by Gasteiger charge is -2.25. The van der Waals surface area contributed by atoms with Crippen LogP contribution in [0.15, 0.2) is 106 Å². The van der Waals surface area contributed by atoms with E-state index in [2.05, 4.69) is 36.5 Å². The Hall–Kier alpha value is -4.67. The summed E-state index contributed by atoms with van der Waals surface area (Å²) in [5.41, 5.74) is 4.18. The van der Waals surface area contributed by atoms with Crippen LogP contribution >= 0.6 is 23.4 Å². The molecule has 0 unspecified atom stereocenters. The molecule has 3 aromatic carbocycles. The molecule has 5 N–H and O–H groups in total. The molecule has 11 heteroatoms. The second-order valence-electron chi connectivity index (χ2n) is 11.6. The van der Waals surface area contributed by atoms with Crippen LogP contribution in [0.1, 0.15) is 43.2 Å². The third-order valence-electron chi connectivity index (χ3n) is 7.12. The molecular weight excluding hydrogens is 606 g/mol. The number of phenolic OH excluding ortho intramolecular Hbond substituents is 1. The molecule has 0 bridgehead atoms. The molecule has 0 saturated heterocycles. The predicted molar refractivity (Wildman–Crippen MR) is 183 cm³/mol. The summed E-state index contributed by atoms with van der Waals surface area (Å²) in [6, 6.07) is 22.5. The van der Waals surface area contributed by atoms with Gasteiger partial charge in [-0.1, -0.05) is 92.2 Å². The van der Waals surface area contributed by atoms with Crippen LogP contribution in [0.4, 0.5) is 10.6 Å². The summed E-state index contributed by atoms with van der Waals surface area (Å²) in [4.78, 5) is 17.0. The van der Waals surface area contributed by atoms with Gasteiger partial charge in [0.2, 0.25) is 0 Å². The van der Waals surface area contributed by atoms with Gasteiger partial charge in [0.1, 0.15) is 11.6 Å². The van der Waals surface area contributed by atoms with E-state index in [9.17, 15) is 9.90 Å². The van der Waals surface area contributed by atoms with Crippen molar-refractivity contribution < 1.29 is 9.90 Å². The number of hydrogen-bond donors (Lipinski definition) is 4. The van der Waals surface area contributed by atoms with E-state index in [4.69, 9.17) is 22.5 Å². The van der Waals surface area contributed by atoms with Gasteiger partial charge in [0.25, 0.3) is 0 Å². The molecule has 2 heterocycles. The molecule has 0 atom stereocenters. The number of rotatable bonds is 7. The topological polar surface area (TPSA) is 121 Å². The van der Waals surface area contributed by atoms with E-state index in [1.807, 2.05) is 84.8 Å². The van der Waals surface area contributed by atoms with Crippen molar-refractivity contribution >= 4 is 41.0 Å². The van der Waals surface area contributed by atoms with Gasteiger partial charge in [-0.3, -0.25) is 5.32 Å². The van der Waals surface area contributed by atoms with Gasteiger partial charge in [-0.2, -0.15) is 10.2 Å². The number of amides is 2. The summed E-state index contributed by atoms with van der Waals surface area (Å²) in [6.45, 7) is 9.16. The number of anilines is 1. The largest absolute Gasteiger partial charge is 0.506 e. The van der Waals surface area contributed by atoms with Crippen LogP contribution < -0.4 is 16.5 Å². The highest BCUT2D eigenvalue weighted by atomic mass is 35.5. The summed E-state index contributed by atoms with van der Waals surface area (Å²) in [5, 5.41) is 25.0. The molecule has 1 aliphatic heterocycles. The van der Waals surface area contributed by atoms with Crippen LogP contribution in [0.2, 0.25) is 5.02 Å². The molecule has 4 aromatic rings. The van der Waals surface area contributed by atoms with Gasteiger partial charge in [-0.25, -0.2) is 9.48 Å². The minimum absolute atomic E-state index is 0.0406. The Bertz CT molecular complexity index is 1790. The molecule has 0 fully saturated rings.